The molecular weight excluding hydrogens is 481 g/mol. The van der Waals surface area contributed by atoms with Gasteiger partial charge in [0.25, 0.3) is 11.8 Å². The quantitative estimate of drug-likeness (QED) is 0.505. The van der Waals surface area contributed by atoms with Crippen LogP contribution in [0.25, 0.3) is 5.52 Å². The Bertz CT molecular complexity index is 1170. The molecule has 4 heterocycles. The molecule has 1 saturated heterocycles. The number of halogens is 4. The van der Waals surface area contributed by atoms with E-state index in [1.807, 2.05) is 18.7 Å². The first-order valence-electron chi connectivity index (χ1n) is 10.0. The number of rotatable bonds is 6. The van der Waals surface area contributed by atoms with Crippen LogP contribution >= 0.6 is 23.4 Å². The topological polar surface area (TPSA) is 77.8 Å². The molecule has 3 aromatic rings. The maximum absolute atomic E-state index is 12.7. The number of alkyl halides is 3. The molecule has 1 fully saturated rings. The zero-order valence-electron chi connectivity index (χ0n) is 17.5. The predicted octanol–water partition coefficient (Wildman–Crippen LogP) is 5.13. The molecule has 3 aromatic heterocycles. The van der Waals surface area contributed by atoms with Crippen LogP contribution in [0, 0.1) is 0 Å². The lowest BCUT2D eigenvalue weighted by molar-refractivity contribution is -0.153. The van der Waals surface area contributed by atoms with Gasteiger partial charge in [0, 0.05) is 30.1 Å². The molecule has 0 aromatic carbocycles. The number of ether oxygens (including phenoxy) is 2. The van der Waals surface area contributed by atoms with Gasteiger partial charge < -0.3 is 14.8 Å². The van der Waals surface area contributed by atoms with Gasteiger partial charge >= 0.3 is 6.18 Å². The Labute approximate surface area is 196 Å². The van der Waals surface area contributed by atoms with Gasteiger partial charge in [0.05, 0.1) is 10.5 Å². The lowest BCUT2D eigenvalue weighted by atomic mass is 9.94. The zero-order chi connectivity index (χ0) is 23.6. The first kappa shape index (κ1) is 23.5. The number of carbonyl (C=O) groups excluding carboxylic acids is 1. The number of pyridine rings is 2. The van der Waals surface area contributed by atoms with E-state index >= 15 is 0 Å². The van der Waals surface area contributed by atoms with Crippen molar-refractivity contribution < 1.29 is 27.4 Å². The van der Waals surface area contributed by atoms with Crippen molar-refractivity contribution in [1.82, 2.24) is 19.9 Å². The first-order chi connectivity index (χ1) is 15.6. The average Bonchev–Trinajstić information content (AvgIpc) is 3.17. The fraction of sp³-hybridized carbons (Fsp3) is 0.381. The fourth-order valence-corrected chi connectivity index (χ4v) is 4.83. The number of carbonyl (C=O) groups is 1. The molecule has 0 bridgehead atoms. The van der Waals surface area contributed by atoms with Gasteiger partial charge in [0.2, 0.25) is 0 Å². The molecule has 7 nitrogen and oxygen atoms in total. The third-order valence-electron chi connectivity index (χ3n) is 5.07. The summed E-state index contributed by atoms with van der Waals surface area (Å²) in [6.45, 7) is 0.521. The lowest BCUT2D eigenvalue weighted by Gasteiger charge is -2.33. The van der Waals surface area contributed by atoms with Crippen LogP contribution in [-0.4, -0.2) is 50.3 Å². The second-order valence-corrected chi connectivity index (χ2v) is 9.51. The SMILES string of the molecule is CC1(NC(=O)c2cc3cc(Oc4ncc(Cl)cc4OCC(F)(F)F)ccn3n2)CCSCC1. The van der Waals surface area contributed by atoms with E-state index in [9.17, 15) is 18.0 Å². The molecule has 1 amide bonds. The largest absolute Gasteiger partial charge is 0.478 e. The molecular formula is C21H20ClF3N4O3S. The smallest absolute Gasteiger partial charge is 0.422 e. The van der Waals surface area contributed by atoms with E-state index in [0.29, 0.717) is 5.52 Å². The lowest BCUT2D eigenvalue weighted by Crippen LogP contribution is -2.48. The minimum absolute atomic E-state index is 0.103. The molecule has 33 heavy (non-hydrogen) atoms. The summed E-state index contributed by atoms with van der Waals surface area (Å²) in [5.74, 6) is 1.59. The van der Waals surface area contributed by atoms with Crippen molar-refractivity contribution in [3.05, 3.63) is 47.4 Å². The molecule has 0 aliphatic carbocycles. The first-order valence-corrected chi connectivity index (χ1v) is 11.6. The van der Waals surface area contributed by atoms with Crippen LogP contribution < -0.4 is 14.8 Å². The van der Waals surface area contributed by atoms with Crippen LogP contribution in [0.4, 0.5) is 13.2 Å². The third-order valence-corrected chi connectivity index (χ3v) is 6.26. The van der Waals surface area contributed by atoms with Crippen LogP contribution in [0.15, 0.2) is 36.7 Å². The Morgan fingerprint density at radius 1 is 1.30 bits per heavy atom. The van der Waals surface area contributed by atoms with Crippen molar-refractivity contribution in [3.63, 3.8) is 0 Å². The molecule has 0 saturated carbocycles. The van der Waals surface area contributed by atoms with E-state index in [0.717, 1.165) is 24.3 Å². The number of hydrogen-bond acceptors (Lipinski definition) is 6. The van der Waals surface area contributed by atoms with Crippen molar-refractivity contribution in [2.75, 3.05) is 18.1 Å². The summed E-state index contributed by atoms with van der Waals surface area (Å²) in [5, 5.41) is 7.48. The molecule has 0 unspecified atom stereocenters. The van der Waals surface area contributed by atoms with Crippen molar-refractivity contribution >= 4 is 34.8 Å². The molecule has 0 spiro atoms. The Hall–Kier alpha value is -2.66. The maximum Gasteiger partial charge on any atom is 0.422 e. The van der Waals surface area contributed by atoms with Gasteiger partial charge in [-0.3, -0.25) is 4.79 Å². The van der Waals surface area contributed by atoms with Gasteiger partial charge in [-0.15, -0.1) is 0 Å². The molecule has 12 heteroatoms. The second kappa shape index (κ2) is 9.30. The number of fused-ring (bicyclic) bond motifs is 1. The van der Waals surface area contributed by atoms with E-state index in [2.05, 4.69) is 15.4 Å². The maximum atomic E-state index is 12.7. The van der Waals surface area contributed by atoms with Gasteiger partial charge in [0.15, 0.2) is 18.1 Å². The standard InChI is InChI=1S/C21H20ClF3N4O3S/c1-20(3-6-33-7-4-20)27-18(30)16-10-14-9-15(2-5-29(14)28-16)32-19-17(8-13(22)11-26-19)31-12-21(23,24)25/h2,5,8-11H,3-4,6-7,12H2,1H3,(H,27,30). The minimum Gasteiger partial charge on any atom is -0.478 e. The Morgan fingerprint density at radius 3 is 2.79 bits per heavy atom. The molecule has 1 N–H and O–H groups in total. The van der Waals surface area contributed by atoms with Crippen LogP contribution in [0.1, 0.15) is 30.3 Å². The number of amides is 1. The molecule has 1 aliphatic rings. The summed E-state index contributed by atoms with van der Waals surface area (Å²) in [6, 6.07) is 5.94. The predicted molar refractivity (Wildman–Crippen MR) is 118 cm³/mol. The van der Waals surface area contributed by atoms with Gasteiger partial charge in [-0.2, -0.15) is 30.0 Å². The van der Waals surface area contributed by atoms with Crippen LogP contribution in [0.2, 0.25) is 5.02 Å². The molecule has 1 aliphatic heterocycles. The minimum atomic E-state index is -4.53. The van der Waals surface area contributed by atoms with Crippen LogP contribution in [0.3, 0.4) is 0 Å². The van der Waals surface area contributed by atoms with E-state index in [1.54, 1.807) is 24.4 Å². The highest BCUT2D eigenvalue weighted by Crippen LogP contribution is 2.33. The highest BCUT2D eigenvalue weighted by molar-refractivity contribution is 7.99. The summed E-state index contributed by atoms with van der Waals surface area (Å²) in [6.07, 6.45) is 0.0673. The van der Waals surface area contributed by atoms with E-state index in [1.165, 1.54) is 16.8 Å². The van der Waals surface area contributed by atoms with Crippen molar-refractivity contribution in [3.8, 4) is 17.4 Å². The highest BCUT2D eigenvalue weighted by atomic mass is 35.5. The van der Waals surface area contributed by atoms with Crippen molar-refractivity contribution in [2.24, 2.45) is 0 Å². The van der Waals surface area contributed by atoms with E-state index in [4.69, 9.17) is 21.1 Å². The number of nitrogens with zero attached hydrogens (tertiary/aromatic N) is 3. The highest BCUT2D eigenvalue weighted by Gasteiger charge is 2.30. The third kappa shape index (κ3) is 6.02. The normalized spacial score (nSPS) is 15.9. The number of hydrogen-bond donors (Lipinski definition) is 1. The van der Waals surface area contributed by atoms with Gasteiger partial charge in [-0.25, -0.2) is 9.50 Å². The zero-order valence-corrected chi connectivity index (χ0v) is 19.1. The van der Waals surface area contributed by atoms with Gasteiger partial charge in [-0.05, 0) is 43.4 Å². The Balaban J connectivity index is 1.52. The van der Waals surface area contributed by atoms with E-state index in [-0.39, 0.29) is 39.5 Å². The number of nitrogens with one attached hydrogen (secondary N) is 1. The number of aromatic nitrogens is 3. The van der Waals surface area contributed by atoms with Gasteiger partial charge in [-0.1, -0.05) is 11.6 Å². The Morgan fingerprint density at radius 2 is 2.06 bits per heavy atom. The van der Waals surface area contributed by atoms with E-state index < -0.39 is 12.8 Å². The summed E-state index contributed by atoms with van der Waals surface area (Å²) in [7, 11) is 0. The summed E-state index contributed by atoms with van der Waals surface area (Å²) < 4.78 is 49.6. The fourth-order valence-electron chi connectivity index (χ4n) is 3.29. The van der Waals surface area contributed by atoms with Crippen molar-refractivity contribution in [1.29, 1.82) is 0 Å². The van der Waals surface area contributed by atoms with Crippen LogP contribution in [-0.2, 0) is 0 Å². The Kier molecular flexibility index (Phi) is 6.62. The molecule has 0 atom stereocenters. The van der Waals surface area contributed by atoms with Gasteiger partial charge in [0.1, 0.15) is 5.75 Å². The molecule has 176 valence electrons. The molecule has 4 rings (SSSR count). The van der Waals surface area contributed by atoms with Crippen LogP contribution in [0.5, 0.6) is 17.4 Å². The molecule has 0 radical (unpaired) electrons. The monoisotopic (exact) mass is 500 g/mol. The second-order valence-electron chi connectivity index (χ2n) is 7.85. The summed E-state index contributed by atoms with van der Waals surface area (Å²) in [5.41, 5.74) is 0.554. The van der Waals surface area contributed by atoms with Crippen molar-refractivity contribution in [2.45, 2.75) is 31.5 Å². The summed E-state index contributed by atoms with van der Waals surface area (Å²) >= 11 is 7.70. The number of thioether (sulfide) groups is 1. The average molecular weight is 501 g/mol. The summed E-state index contributed by atoms with van der Waals surface area (Å²) in [4.78, 5) is 16.7.